The van der Waals surface area contributed by atoms with Gasteiger partial charge in [0.1, 0.15) is 17.1 Å². The molecular formula is C20H16FN3O3. The van der Waals surface area contributed by atoms with Crippen LogP contribution < -0.4 is 5.32 Å². The van der Waals surface area contributed by atoms with Crippen molar-refractivity contribution in [3.8, 4) is 11.3 Å². The van der Waals surface area contributed by atoms with Crippen LogP contribution in [0.25, 0.3) is 11.3 Å². The second kappa shape index (κ2) is 6.35. The van der Waals surface area contributed by atoms with E-state index in [2.05, 4.69) is 10.5 Å². The quantitative estimate of drug-likeness (QED) is 0.719. The molecule has 0 aliphatic carbocycles. The molecule has 1 aliphatic rings. The zero-order valence-corrected chi connectivity index (χ0v) is 14.5. The predicted octanol–water partition coefficient (Wildman–Crippen LogP) is 3.45. The molecule has 1 fully saturated rings. The van der Waals surface area contributed by atoms with Crippen LogP contribution in [0, 0.1) is 5.82 Å². The second-order valence-corrected chi connectivity index (χ2v) is 6.50. The number of benzene rings is 2. The first kappa shape index (κ1) is 17.0. The number of hydrogen-bond acceptors (Lipinski definition) is 4. The Hall–Kier alpha value is -3.48. The van der Waals surface area contributed by atoms with Crippen molar-refractivity contribution in [1.82, 2.24) is 15.4 Å². The normalized spacial score (nSPS) is 19.4. The molecule has 2 aromatic carbocycles. The van der Waals surface area contributed by atoms with E-state index in [1.807, 2.05) is 30.3 Å². The Kier molecular flexibility index (Phi) is 3.99. The van der Waals surface area contributed by atoms with Gasteiger partial charge in [0, 0.05) is 11.6 Å². The summed E-state index contributed by atoms with van der Waals surface area (Å²) in [5, 5.41) is 6.67. The van der Waals surface area contributed by atoms with Gasteiger partial charge < -0.3 is 9.84 Å². The maximum atomic E-state index is 13.2. The molecule has 0 saturated carbocycles. The van der Waals surface area contributed by atoms with Gasteiger partial charge in [0.2, 0.25) is 0 Å². The van der Waals surface area contributed by atoms with E-state index in [0.717, 1.165) is 10.5 Å². The van der Waals surface area contributed by atoms with E-state index < -0.39 is 23.3 Å². The summed E-state index contributed by atoms with van der Waals surface area (Å²) in [7, 11) is 0. The largest absolute Gasteiger partial charge is 0.359 e. The molecule has 27 heavy (non-hydrogen) atoms. The molecule has 0 spiro atoms. The van der Waals surface area contributed by atoms with Crippen molar-refractivity contribution in [3.63, 3.8) is 0 Å². The molecule has 136 valence electrons. The predicted molar refractivity (Wildman–Crippen MR) is 94.8 cm³/mol. The van der Waals surface area contributed by atoms with E-state index in [9.17, 15) is 14.0 Å². The summed E-state index contributed by atoms with van der Waals surface area (Å²) >= 11 is 0. The van der Waals surface area contributed by atoms with E-state index in [1.165, 1.54) is 24.3 Å². The van der Waals surface area contributed by atoms with Crippen molar-refractivity contribution in [1.29, 1.82) is 0 Å². The van der Waals surface area contributed by atoms with Gasteiger partial charge in [-0.05, 0) is 24.6 Å². The van der Waals surface area contributed by atoms with Crippen LogP contribution in [0.2, 0.25) is 0 Å². The highest BCUT2D eigenvalue weighted by Gasteiger charge is 2.49. The van der Waals surface area contributed by atoms with Crippen LogP contribution >= 0.6 is 0 Å². The topological polar surface area (TPSA) is 75.4 Å². The van der Waals surface area contributed by atoms with Gasteiger partial charge in [0.15, 0.2) is 5.76 Å². The number of aromatic nitrogens is 1. The number of amides is 3. The first-order valence-corrected chi connectivity index (χ1v) is 8.38. The molecule has 3 amide bonds. The Morgan fingerprint density at radius 1 is 1.11 bits per heavy atom. The summed E-state index contributed by atoms with van der Waals surface area (Å²) in [6.07, 6.45) is 0. The average molecular weight is 365 g/mol. The van der Waals surface area contributed by atoms with E-state index in [1.54, 1.807) is 13.0 Å². The van der Waals surface area contributed by atoms with Crippen LogP contribution in [0.3, 0.4) is 0 Å². The minimum Gasteiger partial charge on any atom is -0.359 e. The minimum absolute atomic E-state index is 0.0404. The monoisotopic (exact) mass is 365 g/mol. The number of nitrogens with zero attached hydrogens (tertiary/aromatic N) is 2. The minimum atomic E-state index is -1.26. The number of carbonyl (C=O) groups is 2. The van der Waals surface area contributed by atoms with Crippen LogP contribution in [0.1, 0.15) is 18.2 Å². The fourth-order valence-electron chi connectivity index (χ4n) is 3.11. The van der Waals surface area contributed by atoms with Crippen molar-refractivity contribution in [2.24, 2.45) is 0 Å². The van der Waals surface area contributed by atoms with Crippen molar-refractivity contribution in [2.45, 2.75) is 19.0 Å². The van der Waals surface area contributed by atoms with Gasteiger partial charge in [-0.2, -0.15) is 0 Å². The summed E-state index contributed by atoms with van der Waals surface area (Å²) in [5.41, 5.74) is 0.750. The number of rotatable bonds is 4. The Morgan fingerprint density at radius 3 is 2.52 bits per heavy atom. The molecule has 1 atom stereocenters. The first-order valence-electron chi connectivity index (χ1n) is 8.38. The summed E-state index contributed by atoms with van der Waals surface area (Å²) in [5.74, 6) is -0.455. The number of hydrogen-bond donors (Lipinski definition) is 1. The Balaban J connectivity index is 1.56. The fraction of sp³-hybridized carbons (Fsp3) is 0.150. The smallest absolute Gasteiger partial charge is 0.325 e. The number of halogens is 1. The van der Waals surface area contributed by atoms with E-state index in [-0.39, 0.29) is 6.54 Å². The molecule has 4 rings (SSSR count). The van der Waals surface area contributed by atoms with Gasteiger partial charge in [-0.25, -0.2) is 9.18 Å². The molecule has 7 heteroatoms. The molecule has 1 N–H and O–H groups in total. The lowest BCUT2D eigenvalue weighted by molar-refractivity contribution is -0.131. The molecule has 2 heterocycles. The zero-order valence-electron chi connectivity index (χ0n) is 14.5. The molecule has 1 aromatic heterocycles. The third-order valence-corrected chi connectivity index (χ3v) is 4.64. The van der Waals surface area contributed by atoms with Crippen molar-refractivity contribution in [2.75, 3.05) is 0 Å². The van der Waals surface area contributed by atoms with Crippen LogP contribution in [-0.4, -0.2) is 22.0 Å². The Morgan fingerprint density at radius 2 is 1.81 bits per heavy atom. The van der Waals surface area contributed by atoms with E-state index >= 15 is 0 Å². The van der Waals surface area contributed by atoms with Crippen LogP contribution in [0.4, 0.5) is 9.18 Å². The highest BCUT2D eigenvalue weighted by molar-refractivity contribution is 6.07. The lowest BCUT2D eigenvalue weighted by atomic mass is 9.92. The summed E-state index contributed by atoms with van der Waals surface area (Å²) in [4.78, 5) is 26.3. The van der Waals surface area contributed by atoms with Crippen LogP contribution in [-0.2, 0) is 16.9 Å². The number of carbonyl (C=O) groups excluding carboxylic acids is 2. The fourth-order valence-corrected chi connectivity index (χ4v) is 3.11. The van der Waals surface area contributed by atoms with Crippen LogP contribution in [0.5, 0.6) is 0 Å². The van der Waals surface area contributed by atoms with E-state index in [4.69, 9.17) is 4.52 Å². The summed E-state index contributed by atoms with van der Waals surface area (Å²) < 4.78 is 18.5. The molecule has 0 radical (unpaired) electrons. The van der Waals surface area contributed by atoms with E-state index in [0.29, 0.717) is 17.0 Å². The standard InChI is InChI=1S/C20H16FN3O3/c1-20(14-7-9-15(21)10-8-14)18(25)24(19(26)22-20)12-16-11-17(23-27-16)13-5-3-2-4-6-13/h2-11H,12H2,1H3,(H,22,26). The van der Waals surface area contributed by atoms with Crippen molar-refractivity contribution >= 4 is 11.9 Å². The van der Waals surface area contributed by atoms with Gasteiger partial charge in [0.05, 0.1) is 6.54 Å². The van der Waals surface area contributed by atoms with Crippen molar-refractivity contribution < 1.29 is 18.5 Å². The Bertz CT molecular complexity index is 1000. The number of imide groups is 1. The lowest BCUT2D eigenvalue weighted by Crippen LogP contribution is -2.40. The van der Waals surface area contributed by atoms with Gasteiger partial charge in [-0.15, -0.1) is 0 Å². The molecule has 1 unspecified atom stereocenters. The molecule has 1 saturated heterocycles. The van der Waals surface area contributed by atoms with Gasteiger partial charge >= 0.3 is 6.03 Å². The van der Waals surface area contributed by atoms with Gasteiger partial charge in [-0.3, -0.25) is 9.69 Å². The highest BCUT2D eigenvalue weighted by atomic mass is 19.1. The third kappa shape index (κ3) is 2.97. The molecular weight excluding hydrogens is 349 g/mol. The maximum Gasteiger partial charge on any atom is 0.325 e. The molecule has 0 bridgehead atoms. The molecule has 6 nitrogen and oxygen atoms in total. The zero-order chi connectivity index (χ0) is 19.0. The first-order chi connectivity index (χ1) is 13.0. The molecule has 3 aromatic rings. The second-order valence-electron chi connectivity index (χ2n) is 6.50. The summed E-state index contributed by atoms with van der Waals surface area (Å²) in [6, 6.07) is 16.1. The summed E-state index contributed by atoms with van der Waals surface area (Å²) in [6.45, 7) is 1.55. The van der Waals surface area contributed by atoms with Gasteiger partial charge in [0.25, 0.3) is 5.91 Å². The molecule has 1 aliphatic heterocycles. The highest BCUT2D eigenvalue weighted by Crippen LogP contribution is 2.30. The maximum absolute atomic E-state index is 13.2. The lowest BCUT2D eigenvalue weighted by Gasteiger charge is -2.21. The SMILES string of the molecule is CC1(c2ccc(F)cc2)NC(=O)N(Cc2cc(-c3ccccc3)no2)C1=O. The van der Waals surface area contributed by atoms with Crippen LogP contribution in [0.15, 0.2) is 65.2 Å². The Labute approximate surface area is 154 Å². The average Bonchev–Trinajstić information content (AvgIpc) is 3.22. The number of urea groups is 1. The number of nitrogens with one attached hydrogen (secondary N) is 1. The van der Waals surface area contributed by atoms with Crippen molar-refractivity contribution in [3.05, 3.63) is 77.8 Å². The third-order valence-electron chi connectivity index (χ3n) is 4.64. The van der Waals surface area contributed by atoms with Gasteiger partial charge in [-0.1, -0.05) is 47.6 Å².